The van der Waals surface area contributed by atoms with Crippen LogP contribution in [0.4, 0.5) is 5.69 Å². The summed E-state index contributed by atoms with van der Waals surface area (Å²) in [6.45, 7) is 0.498. The number of halogens is 1. The van der Waals surface area contributed by atoms with Gasteiger partial charge in [0.05, 0.1) is 24.6 Å². The predicted molar refractivity (Wildman–Crippen MR) is 69.7 cm³/mol. The van der Waals surface area contributed by atoms with Gasteiger partial charge in [-0.1, -0.05) is 11.6 Å². The van der Waals surface area contributed by atoms with Crippen molar-refractivity contribution in [3.05, 3.63) is 23.0 Å². The summed E-state index contributed by atoms with van der Waals surface area (Å²) in [5, 5.41) is 0.186. The maximum absolute atomic E-state index is 12.4. The molecular formula is C12H14ClN3O3. The van der Waals surface area contributed by atoms with Crippen molar-refractivity contribution < 1.29 is 14.3 Å². The summed E-state index contributed by atoms with van der Waals surface area (Å²) in [5.74, 6) is -0.737. The van der Waals surface area contributed by atoms with Crippen LogP contribution in [0.15, 0.2) is 12.3 Å². The van der Waals surface area contributed by atoms with Gasteiger partial charge in [-0.2, -0.15) is 0 Å². The van der Waals surface area contributed by atoms with Gasteiger partial charge in [0.2, 0.25) is 0 Å². The number of carbonyl (C=O) groups is 2. The van der Waals surface area contributed by atoms with E-state index in [1.807, 2.05) is 0 Å². The number of nitrogens with zero attached hydrogens (tertiary/aromatic N) is 2. The highest BCUT2D eigenvalue weighted by Crippen LogP contribution is 2.24. The molecule has 1 amide bonds. The van der Waals surface area contributed by atoms with Crippen LogP contribution in [0, 0.1) is 0 Å². The lowest BCUT2D eigenvalue weighted by molar-refractivity contribution is -0.145. The van der Waals surface area contributed by atoms with E-state index in [2.05, 4.69) is 4.98 Å². The smallest absolute Gasteiger partial charge is 0.328 e. The van der Waals surface area contributed by atoms with E-state index in [0.29, 0.717) is 13.0 Å². The van der Waals surface area contributed by atoms with E-state index in [0.717, 1.165) is 6.42 Å². The summed E-state index contributed by atoms with van der Waals surface area (Å²) in [6, 6.07) is 0.857. The van der Waals surface area contributed by atoms with Crippen LogP contribution in [0.25, 0.3) is 0 Å². The van der Waals surface area contributed by atoms with Gasteiger partial charge in [-0.15, -0.1) is 0 Å². The molecule has 2 heterocycles. The molecule has 0 radical (unpaired) electrons. The molecule has 19 heavy (non-hydrogen) atoms. The molecule has 7 heteroatoms. The predicted octanol–water partition coefficient (Wildman–Crippen LogP) is 1.09. The van der Waals surface area contributed by atoms with Crippen molar-refractivity contribution in [2.24, 2.45) is 0 Å². The summed E-state index contributed by atoms with van der Waals surface area (Å²) in [7, 11) is 1.31. The molecular weight excluding hydrogens is 270 g/mol. The first-order chi connectivity index (χ1) is 9.04. The highest BCUT2D eigenvalue weighted by Gasteiger charge is 2.35. The van der Waals surface area contributed by atoms with Gasteiger partial charge in [0.1, 0.15) is 11.2 Å². The minimum absolute atomic E-state index is 0.186. The Hall–Kier alpha value is -1.82. The molecule has 0 aliphatic carbocycles. The molecule has 1 aliphatic heterocycles. The van der Waals surface area contributed by atoms with E-state index in [1.54, 1.807) is 0 Å². The van der Waals surface area contributed by atoms with Crippen LogP contribution < -0.4 is 5.73 Å². The molecule has 1 atom stereocenters. The van der Waals surface area contributed by atoms with Crippen LogP contribution in [0.2, 0.25) is 5.15 Å². The monoisotopic (exact) mass is 283 g/mol. The van der Waals surface area contributed by atoms with Crippen LogP contribution in [0.3, 0.4) is 0 Å². The second kappa shape index (κ2) is 5.44. The summed E-state index contributed by atoms with van der Waals surface area (Å²) in [5.41, 5.74) is 6.23. The number of likely N-dealkylation sites (tertiary alicyclic amines) is 1. The molecule has 0 aromatic carbocycles. The quantitative estimate of drug-likeness (QED) is 0.649. The summed E-state index contributed by atoms with van der Waals surface area (Å²) in [4.78, 5) is 29.3. The Balaban J connectivity index is 2.28. The number of ether oxygens (including phenoxy) is 1. The summed E-state index contributed by atoms with van der Waals surface area (Å²) in [6.07, 6.45) is 2.68. The molecule has 0 bridgehead atoms. The molecule has 1 saturated heterocycles. The van der Waals surface area contributed by atoms with Crippen LogP contribution in [0.5, 0.6) is 0 Å². The molecule has 1 fully saturated rings. The molecule has 0 spiro atoms. The fourth-order valence-corrected chi connectivity index (χ4v) is 2.33. The van der Waals surface area contributed by atoms with Crippen LogP contribution in [0.1, 0.15) is 23.2 Å². The van der Waals surface area contributed by atoms with Crippen LogP contribution >= 0.6 is 11.6 Å². The Morgan fingerprint density at radius 1 is 1.58 bits per heavy atom. The number of pyridine rings is 1. The van der Waals surface area contributed by atoms with E-state index in [4.69, 9.17) is 22.1 Å². The second-order valence-corrected chi connectivity index (χ2v) is 4.66. The molecule has 2 rings (SSSR count). The normalized spacial score (nSPS) is 18.4. The lowest BCUT2D eigenvalue weighted by Gasteiger charge is -2.23. The fraction of sp³-hybridized carbons (Fsp3) is 0.417. The average Bonchev–Trinajstić information content (AvgIpc) is 2.89. The zero-order chi connectivity index (χ0) is 14.0. The maximum atomic E-state index is 12.4. The van der Waals surface area contributed by atoms with Gasteiger partial charge in [-0.25, -0.2) is 9.78 Å². The highest BCUT2D eigenvalue weighted by atomic mass is 35.5. The molecule has 1 aliphatic rings. The lowest BCUT2D eigenvalue weighted by atomic mass is 10.1. The van der Waals surface area contributed by atoms with Crippen molar-refractivity contribution in [1.82, 2.24) is 9.88 Å². The summed E-state index contributed by atoms with van der Waals surface area (Å²) >= 11 is 5.76. The van der Waals surface area contributed by atoms with Gasteiger partial charge < -0.3 is 15.4 Å². The van der Waals surface area contributed by atoms with E-state index in [1.165, 1.54) is 24.3 Å². The van der Waals surface area contributed by atoms with Gasteiger partial charge in [0, 0.05) is 6.54 Å². The zero-order valence-electron chi connectivity index (χ0n) is 10.4. The number of amides is 1. The van der Waals surface area contributed by atoms with E-state index in [-0.39, 0.29) is 22.3 Å². The first kappa shape index (κ1) is 13.6. The maximum Gasteiger partial charge on any atom is 0.328 e. The van der Waals surface area contributed by atoms with Gasteiger partial charge in [0.25, 0.3) is 5.91 Å². The first-order valence-electron chi connectivity index (χ1n) is 5.84. The van der Waals surface area contributed by atoms with Crippen molar-refractivity contribution in [2.45, 2.75) is 18.9 Å². The fourth-order valence-electron chi connectivity index (χ4n) is 2.17. The van der Waals surface area contributed by atoms with Gasteiger partial charge >= 0.3 is 5.97 Å². The van der Waals surface area contributed by atoms with Gasteiger partial charge in [0.15, 0.2) is 0 Å². The Bertz CT molecular complexity index is 521. The zero-order valence-corrected chi connectivity index (χ0v) is 11.2. The number of hydrogen-bond donors (Lipinski definition) is 1. The number of nitrogen functional groups attached to an aromatic ring is 1. The molecule has 0 saturated carbocycles. The largest absolute Gasteiger partial charge is 0.467 e. The minimum atomic E-state index is -0.552. The Morgan fingerprint density at radius 2 is 2.32 bits per heavy atom. The highest BCUT2D eigenvalue weighted by molar-refractivity contribution is 6.29. The molecule has 1 unspecified atom stereocenters. The van der Waals surface area contributed by atoms with Crippen molar-refractivity contribution in [1.29, 1.82) is 0 Å². The number of methoxy groups -OCH3 is 1. The molecule has 1 aromatic heterocycles. The molecule has 1 aromatic rings. The summed E-state index contributed by atoms with van der Waals surface area (Å²) < 4.78 is 4.70. The van der Waals surface area contributed by atoms with Gasteiger partial charge in [-0.3, -0.25) is 4.79 Å². The molecule has 2 N–H and O–H groups in total. The van der Waals surface area contributed by atoms with Crippen molar-refractivity contribution in [3.8, 4) is 0 Å². The van der Waals surface area contributed by atoms with Crippen molar-refractivity contribution in [2.75, 3.05) is 19.4 Å². The van der Waals surface area contributed by atoms with Gasteiger partial charge in [-0.05, 0) is 18.9 Å². The number of rotatable bonds is 2. The number of anilines is 1. The Kier molecular flexibility index (Phi) is 3.90. The van der Waals surface area contributed by atoms with E-state index >= 15 is 0 Å². The topological polar surface area (TPSA) is 85.5 Å². The molecule has 102 valence electrons. The Morgan fingerprint density at radius 3 is 3.00 bits per heavy atom. The van der Waals surface area contributed by atoms with E-state index in [9.17, 15) is 9.59 Å². The van der Waals surface area contributed by atoms with Crippen molar-refractivity contribution >= 4 is 29.2 Å². The Labute approximate surface area is 115 Å². The third kappa shape index (κ3) is 2.63. The number of esters is 1. The standard InChI is InChI=1S/C12H14ClN3O3/c1-19-12(18)9-3-2-4-16(9)11(17)7-5-10(13)15-6-8(7)14/h5-6,9H,2-4,14H2,1H3. The SMILES string of the molecule is COC(=O)C1CCCN1C(=O)c1cc(Cl)ncc1N. The number of carbonyl (C=O) groups excluding carboxylic acids is 2. The van der Waals surface area contributed by atoms with E-state index < -0.39 is 12.0 Å². The number of hydrogen-bond acceptors (Lipinski definition) is 5. The molecule has 6 nitrogen and oxygen atoms in total. The second-order valence-electron chi connectivity index (χ2n) is 4.27. The minimum Gasteiger partial charge on any atom is -0.467 e. The third-order valence-electron chi connectivity index (χ3n) is 3.12. The number of nitrogens with two attached hydrogens (primary N) is 1. The third-order valence-corrected chi connectivity index (χ3v) is 3.33. The number of aromatic nitrogens is 1. The lowest BCUT2D eigenvalue weighted by Crippen LogP contribution is -2.41. The first-order valence-corrected chi connectivity index (χ1v) is 6.22. The average molecular weight is 284 g/mol. The van der Waals surface area contributed by atoms with Crippen LogP contribution in [-0.2, 0) is 9.53 Å². The van der Waals surface area contributed by atoms with Crippen molar-refractivity contribution in [3.63, 3.8) is 0 Å². The van der Waals surface area contributed by atoms with Crippen LogP contribution in [-0.4, -0.2) is 41.5 Å².